The van der Waals surface area contributed by atoms with E-state index in [4.69, 9.17) is 4.42 Å². The highest BCUT2D eigenvalue weighted by molar-refractivity contribution is 5.89. The molecule has 6 nitrogen and oxygen atoms in total. The van der Waals surface area contributed by atoms with Crippen LogP contribution >= 0.6 is 0 Å². The summed E-state index contributed by atoms with van der Waals surface area (Å²) in [5.41, 5.74) is -0.813. The van der Waals surface area contributed by atoms with Gasteiger partial charge in [-0.3, -0.25) is 4.98 Å². The second kappa shape index (κ2) is 5.13. The van der Waals surface area contributed by atoms with Gasteiger partial charge >= 0.3 is 12.4 Å². The molecule has 0 saturated carbocycles. The van der Waals surface area contributed by atoms with Crippen molar-refractivity contribution in [2.75, 3.05) is 0 Å². The fourth-order valence-electron chi connectivity index (χ4n) is 1.84. The molecule has 0 bridgehead atoms. The van der Waals surface area contributed by atoms with Crippen LogP contribution in [0.25, 0.3) is 22.4 Å². The molecule has 114 valence electrons. The van der Waals surface area contributed by atoms with Crippen LogP contribution < -0.4 is 10.5 Å². The molecule has 1 N–H and O–H groups in total. The molecule has 0 aliphatic heterocycles. The number of rotatable bonds is 3. The summed E-state index contributed by atoms with van der Waals surface area (Å²) in [7, 11) is 0. The average molecular weight is 315 g/mol. The molecule has 3 rings (SSSR count). The lowest BCUT2D eigenvalue weighted by atomic mass is 10.1. The third kappa shape index (κ3) is 2.38. The second-order valence-electron chi connectivity index (χ2n) is 4.06. The predicted molar refractivity (Wildman–Crippen MR) is 64.4 cm³/mol. The summed E-state index contributed by atoms with van der Waals surface area (Å²) in [5, 5.41) is 0. The van der Waals surface area contributed by atoms with Crippen molar-refractivity contribution in [1.82, 2.24) is 15.0 Å². The highest BCUT2D eigenvalue weighted by atomic mass is 19.3. The molecule has 0 atom stereocenters. The Labute approximate surface area is 118 Å². The zero-order valence-electron chi connectivity index (χ0n) is 10.4. The van der Waals surface area contributed by atoms with E-state index in [1.54, 1.807) is 0 Å². The van der Waals surface area contributed by atoms with E-state index in [0.717, 1.165) is 18.5 Å². The quantitative estimate of drug-likeness (QED) is 0.751. The lowest BCUT2D eigenvalue weighted by molar-refractivity contribution is -0.0530. The van der Waals surface area contributed by atoms with Gasteiger partial charge in [0.05, 0.1) is 18.1 Å². The Bertz CT molecular complexity index is 889. The topological polar surface area (TPSA) is 81.0 Å². The molecule has 0 amide bonds. The number of nitrogens with zero attached hydrogens (tertiary/aromatic N) is 2. The van der Waals surface area contributed by atoms with Crippen LogP contribution in [0, 0.1) is 11.6 Å². The van der Waals surface area contributed by atoms with Crippen LogP contribution in [0.5, 0.6) is 5.88 Å². The Kier molecular flexibility index (Phi) is 3.28. The first-order valence-corrected chi connectivity index (χ1v) is 5.73. The maximum Gasteiger partial charge on any atom is 0.417 e. The van der Waals surface area contributed by atoms with Gasteiger partial charge in [0.15, 0.2) is 17.2 Å². The van der Waals surface area contributed by atoms with Gasteiger partial charge in [-0.05, 0) is 6.07 Å². The van der Waals surface area contributed by atoms with Crippen molar-refractivity contribution in [1.29, 1.82) is 0 Å². The molecule has 10 heteroatoms. The molecule has 0 spiro atoms. The smallest absolute Gasteiger partial charge is 0.415 e. The summed E-state index contributed by atoms with van der Waals surface area (Å²) < 4.78 is 59.9. The van der Waals surface area contributed by atoms with E-state index in [9.17, 15) is 22.4 Å². The van der Waals surface area contributed by atoms with Gasteiger partial charge in [0, 0.05) is 5.56 Å². The molecular weight excluding hydrogens is 310 g/mol. The fourth-order valence-corrected chi connectivity index (χ4v) is 1.84. The fraction of sp³-hybridized carbons (Fsp3) is 0.0833. The van der Waals surface area contributed by atoms with E-state index in [-0.39, 0.29) is 16.8 Å². The molecule has 0 radical (unpaired) electrons. The standard InChI is InChI=1S/C12H5F4N3O3/c13-5-1-4(10-9(8(5)14)19-12(20)22-10)6-2-18-7(3-17-6)21-11(15)16/h1-3,11H,(H,19,20). The summed E-state index contributed by atoms with van der Waals surface area (Å²) in [6.07, 6.45) is 1.87. The van der Waals surface area contributed by atoms with Crippen LogP contribution in [-0.2, 0) is 0 Å². The van der Waals surface area contributed by atoms with E-state index in [1.165, 1.54) is 0 Å². The number of nitrogens with one attached hydrogen (secondary N) is 1. The van der Waals surface area contributed by atoms with Crippen LogP contribution in [0.3, 0.4) is 0 Å². The minimum Gasteiger partial charge on any atom is -0.415 e. The van der Waals surface area contributed by atoms with Crippen LogP contribution in [0.15, 0.2) is 27.7 Å². The monoisotopic (exact) mass is 315 g/mol. The van der Waals surface area contributed by atoms with Gasteiger partial charge in [0.1, 0.15) is 5.52 Å². The minimum atomic E-state index is -3.07. The maximum atomic E-state index is 13.6. The third-order valence-electron chi connectivity index (χ3n) is 2.71. The van der Waals surface area contributed by atoms with Gasteiger partial charge in [-0.25, -0.2) is 23.5 Å². The Morgan fingerprint density at radius 3 is 2.64 bits per heavy atom. The summed E-state index contributed by atoms with van der Waals surface area (Å²) in [6, 6.07) is 0.756. The molecule has 0 aliphatic carbocycles. The first-order valence-electron chi connectivity index (χ1n) is 5.73. The first kappa shape index (κ1) is 14.0. The van der Waals surface area contributed by atoms with Gasteiger partial charge in [0.25, 0.3) is 0 Å². The number of aromatic nitrogens is 3. The summed E-state index contributed by atoms with van der Waals surface area (Å²) in [6.45, 7) is -3.07. The van der Waals surface area contributed by atoms with E-state index >= 15 is 0 Å². The Morgan fingerprint density at radius 1 is 1.23 bits per heavy atom. The molecule has 22 heavy (non-hydrogen) atoms. The van der Waals surface area contributed by atoms with Crippen molar-refractivity contribution in [2.24, 2.45) is 0 Å². The number of hydrogen-bond acceptors (Lipinski definition) is 5. The Hall–Kier alpha value is -2.91. The van der Waals surface area contributed by atoms with E-state index in [0.29, 0.717) is 0 Å². The van der Waals surface area contributed by atoms with Crippen molar-refractivity contribution in [3.8, 4) is 17.1 Å². The number of ether oxygens (including phenoxy) is 1. The maximum absolute atomic E-state index is 13.6. The number of fused-ring (bicyclic) bond motifs is 1. The van der Waals surface area contributed by atoms with Crippen LogP contribution in [0.1, 0.15) is 0 Å². The lowest BCUT2D eigenvalue weighted by Gasteiger charge is -2.05. The van der Waals surface area contributed by atoms with Crippen molar-refractivity contribution >= 4 is 11.1 Å². The second-order valence-corrected chi connectivity index (χ2v) is 4.06. The molecule has 0 unspecified atom stereocenters. The van der Waals surface area contributed by atoms with E-state index < -0.39 is 35.4 Å². The Balaban J connectivity index is 2.14. The number of benzene rings is 1. The van der Waals surface area contributed by atoms with E-state index in [1.807, 2.05) is 4.98 Å². The molecule has 0 aliphatic rings. The summed E-state index contributed by atoms with van der Waals surface area (Å²) in [4.78, 5) is 20.5. The normalized spacial score (nSPS) is 11.3. The van der Waals surface area contributed by atoms with Gasteiger partial charge in [-0.1, -0.05) is 0 Å². The third-order valence-corrected chi connectivity index (χ3v) is 2.71. The number of aromatic amines is 1. The molecule has 0 fully saturated rings. The van der Waals surface area contributed by atoms with Crippen molar-refractivity contribution < 1.29 is 26.7 Å². The Morgan fingerprint density at radius 2 is 2.00 bits per heavy atom. The van der Waals surface area contributed by atoms with Crippen molar-refractivity contribution in [3.63, 3.8) is 0 Å². The number of halogens is 4. The number of alkyl halides is 2. The zero-order valence-corrected chi connectivity index (χ0v) is 10.4. The SMILES string of the molecule is O=c1[nH]c2c(F)c(F)cc(-c3cnc(OC(F)F)cn3)c2o1. The van der Waals surface area contributed by atoms with Gasteiger partial charge in [0.2, 0.25) is 5.88 Å². The highest BCUT2D eigenvalue weighted by Gasteiger charge is 2.19. The predicted octanol–water partition coefficient (Wildman–Crippen LogP) is 2.46. The van der Waals surface area contributed by atoms with Crippen LogP contribution in [-0.4, -0.2) is 21.6 Å². The van der Waals surface area contributed by atoms with Crippen molar-refractivity contribution in [3.05, 3.63) is 40.6 Å². The summed E-state index contributed by atoms with van der Waals surface area (Å²) in [5.74, 6) is -3.95. The van der Waals surface area contributed by atoms with Gasteiger partial charge in [-0.15, -0.1) is 0 Å². The van der Waals surface area contributed by atoms with Gasteiger partial charge in [-0.2, -0.15) is 8.78 Å². The summed E-state index contributed by atoms with van der Waals surface area (Å²) >= 11 is 0. The first-order chi connectivity index (χ1) is 10.5. The van der Waals surface area contributed by atoms with E-state index in [2.05, 4.69) is 14.7 Å². The average Bonchev–Trinajstić information content (AvgIpc) is 2.85. The number of hydrogen-bond donors (Lipinski definition) is 1. The molecule has 3 aromatic rings. The lowest BCUT2D eigenvalue weighted by Crippen LogP contribution is -2.04. The number of oxazole rings is 1. The minimum absolute atomic E-state index is 0.0201. The molecule has 0 saturated heterocycles. The zero-order chi connectivity index (χ0) is 15.9. The van der Waals surface area contributed by atoms with Crippen molar-refractivity contribution in [2.45, 2.75) is 6.61 Å². The molecule has 2 aromatic heterocycles. The molecule has 2 heterocycles. The van der Waals surface area contributed by atoms with Crippen LogP contribution in [0.4, 0.5) is 17.6 Å². The van der Waals surface area contributed by atoms with Gasteiger partial charge < -0.3 is 9.15 Å². The molecular formula is C12H5F4N3O3. The highest BCUT2D eigenvalue weighted by Crippen LogP contribution is 2.29. The largest absolute Gasteiger partial charge is 0.417 e. The van der Waals surface area contributed by atoms with Crippen LogP contribution in [0.2, 0.25) is 0 Å². The molecule has 1 aromatic carbocycles. The number of H-pyrrole nitrogens is 1.